The molecule has 1 aliphatic carbocycles. The zero-order valence-corrected chi connectivity index (χ0v) is 62.1. The van der Waals surface area contributed by atoms with E-state index in [2.05, 4.69) is 375 Å². The fourth-order valence-electron chi connectivity index (χ4n) is 16.1. The first-order chi connectivity index (χ1) is 47.5. The van der Waals surface area contributed by atoms with E-state index < -0.39 is 5.41 Å². The van der Waals surface area contributed by atoms with Crippen LogP contribution in [0.4, 0.5) is 34.1 Å². The molecule has 1 aliphatic rings. The van der Waals surface area contributed by atoms with Crippen molar-refractivity contribution in [2.24, 2.45) is 0 Å². The Hall–Kier alpha value is -9.94. The second-order valence-electron chi connectivity index (χ2n) is 33.6. The third-order valence-electron chi connectivity index (χ3n) is 21.5. The topological polar surface area (TPSA) is 24.6 Å². The van der Waals surface area contributed by atoms with Crippen molar-refractivity contribution < 1.29 is 4.42 Å². The van der Waals surface area contributed by atoms with Gasteiger partial charge in [0.2, 0.25) is 0 Å². The van der Waals surface area contributed by atoms with Crippen molar-refractivity contribution in [3.63, 3.8) is 0 Å². The number of benzene rings is 12. The van der Waals surface area contributed by atoms with Gasteiger partial charge in [0, 0.05) is 65.5 Å². The van der Waals surface area contributed by atoms with E-state index in [1.807, 2.05) is 11.3 Å². The normalized spacial score (nSPS) is 14.5. The van der Waals surface area contributed by atoms with Gasteiger partial charge in [-0.25, -0.2) is 0 Å². The molecule has 100 heavy (non-hydrogen) atoms. The summed E-state index contributed by atoms with van der Waals surface area (Å²) in [7, 11) is 0. The van der Waals surface area contributed by atoms with Gasteiger partial charge in [-0.3, -0.25) is 0 Å². The molecule has 0 saturated carbocycles. The number of hydrogen-bond acceptors (Lipinski definition) is 4. The lowest BCUT2D eigenvalue weighted by molar-refractivity contribution is 0.589. The summed E-state index contributed by atoms with van der Waals surface area (Å²) in [5.41, 5.74) is 26.3. The molecular weight excluding hydrogens is 1230 g/mol. The van der Waals surface area contributed by atoms with Crippen molar-refractivity contribution in [2.75, 3.05) is 9.80 Å². The van der Waals surface area contributed by atoms with E-state index in [0.29, 0.717) is 0 Å². The number of hydrogen-bond donors (Lipinski definition) is 0. The predicted octanol–water partition coefficient (Wildman–Crippen LogP) is 27.5. The fraction of sp³-hybridized carbons (Fsp3) is 0.242. The Kier molecular flexibility index (Phi) is 14.9. The van der Waals surface area contributed by atoms with Gasteiger partial charge in [-0.2, -0.15) is 0 Å². The molecule has 15 aromatic rings. The maximum absolute atomic E-state index is 7.66. The molecule has 5 heteroatoms. The van der Waals surface area contributed by atoms with Crippen LogP contribution in [0.25, 0.3) is 80.7 Å². The van der Waals surface area contributed by atoms with Gasteiger partial charge in [0.25, 0.3) is 0 Å². The summed E-state index contributed by atoms with van der Waals surface area (Å²) in [6.45, 7) is 39.2. The van der Waals surface area contributed by atoms with Gasteiger partial charge in [-0.05, 0) is 222 Å². The first-order valence-corrected chi connectivity index (χ1v) is 36.6. The first-order valence-electron chi connectivity index (χ1n) is 35.8. The summed E-state index contributed by atoms with van der Waals surface area (Å²) in [5, 5.41) is 7.09. The maximum atomic E-state index is 7.66. The smallest absolute Gasteiger partial charge is 0.160 e. The lowest BCUT2D eigenvalue weighted by Gasteiger charge is -2.36. The van der Waals surface area contributed by atoms with E-state index in [4.69, 9.17) is 4.42 Å². The van der Waals surface area contributed by atoms with Gasteiger partial charge in [0.1, 0.15) is 5.58 Å². The highest BCUT2D eigenvalue weighted by atomic mass is 32.1. The molecule has 4 nitrogen and oxygen atoms in total. The van der Waals surface area contributed by atoms with E-state index in [0.717, 1.165) is 67.3 Å². The lowest BCUT2D eigenvalue weighted by Crippen LogP contribution is -2.29. The molecule has 12 aromatic carbocycles. The second kappa shape index (κ2) is 23.1. The molecule has 3 aromatic heterocycles. The average molecular weight is 1320 g/mol. The summed E-state index contributed by atoms with van der Waals surface area (Å²) in [6.07, 6.45) is 0. The zero-order valence-electron chi connectivity index (χ0n) is 61.3. The number of aromatic nitrogens is 1. The lowest BCUT2D eigenvalue weighted by atomic mass is 9.66. The van der Waals surface area contributed by atoms with Gasteiger partial charge in [-0.1, -0.05) is 237 Å². The van der Waals surface area contributed by atoms with Crippen molar-refractivity contribution in [2.45, 2.75) is 150 Å². The first kappa shape index (κ1) is 64.7. The molecule has 0 spiro atoms. The van der Waals surface area contributed by atoms with E-state index in [9.17, 15) is 0 Å². The Morgan fingerprint density at radius 1 is 0.350 bits per heavy atom. The standard InChI is InChI=1S/C95H91N3OS/c1-58-24-22-26-70(52-58)96(67-44-36-61(37-45-67)91(6,7)8)80-56-76-86(84-72-28-18-20-30-82(72)99-88(80)84)87-77(57-81(89-85(87)73-29-19-21-31-83(73)100-89)97(71-27-23-25-59(2)53-71)68-46-38-62(39-47-68)92(9,10)11)95(76,64-34-32-60(33-35-64)90(3,4)5)66-43-51-79-75(55-66)74-54-65(94(15,16)17)42-50-78(74)98(79)69-48-40-63(41-49-69)93(12,13)14/h18-57H,1-17H3. The molecule has 3 heterocycles. The van der Waals surface area contributed by atoms with Crippen molar-refractivity contribution in [1.29, 1.82) is 0 Å². The monoisotopic (exact) mass is 1320 g/mol. The largest absolute Gasteiger partial charge is 0.454 e. The Labute approximate surface area is 595 Å². The van der Waals surface area contributed by atoms with Crippen molar-refractivity contribution in [3.05, 3.63) is 304 Å². The highest BCUT2D eigenvalue weighted by molar-refractivity contribution is 7.26. The molecule has 0 saturated heterocycles. The number of aryl methyl sites for hydroxylation is 2. The zero-order chi connectivity index (χ0) is 69.9. The van der Waals surface area contributed by atoms with Gasteiger partial charge < -0.3 is 18.8 Å². The molecule has 16 rings (SSSR count). The van der Waals surface area contributed by atoms with Crippen LogP contribution in [-0.2, 0) is 32.5 Å². The Morgan fingerprint density at radius 2 is 0.790 bits per heavy atom. The number of para-hydroxylation sites is 1. The van der Waals surface area contributed by atoms with Crippen molar-refractivity contribution in [3.8, 4) is 16.8 Å². The van der Waals surface area contributed by atoms with Crippen LogP contribution in [-0.4, -0.2) is 4.57 Å². The summed E-state index contributed by atoms with van der Waals surface area (Å²) in [5.74, 6) is 0. The van der Waals surface area contributed by atoms with Crippen LogP contribution >= 0.6 is 11.3 Å². The van der Waals surface area contributed by atoms with Crippen LogP contribution in [0.15, 0.2) is 247 Å². The summed E-state index contributed by atoms with van der Waals surface area (Å²) < 4.78 is 12.6. The average Bonchev–Trinajstić information content (AvgIpc) is 1.49. The predicted molar refractivity (Wildman–Crippen MR) is 431 cm³/mol. The van der Waals surface area contributed by atoms with Crippen LogP contribution in [0.1, 0.15) is 165 Å². The molecule has 1 unspecified atom stereocenters. The second-order valence-corrected chi connectivity index (χ2v) is 34.7. The highest BCUT2D eigenvalue weighted by Crippen LogP contribution is 2.66. The summed E-state index contributed by atoms with van der Waals surface area (Å²) in [4.78, 5) is 5.05. The third-order valence-corrected chi connectivity index (χ3v) is 22.7. The molecule has 0 amide bonds. The molecule has 0 N–H and O–H groups in total. The van der Waals surface area contributed by atoms with Gasteiger partial charge >= 0.3 is 0 Å². The third kappa shape index (κ3) is 10.5. The minimum absolute atomic E-state index is 0.0000225. The number of nitrogens with zero attached hydrogens (tertiary/aromatic N) is 3. The quantitative estimate of drug-likeness (QED) is 0.144. The fourth-order valence-corrected chi connectivity index (χ4v) is 17.3. The van der Waals surface area contributed by atoms with E-state index in [1.165, 1.54) is 109 Å². The highest BCUT2D eigenvalue weighted by Gasteiger charge is 2.51. The van der Waals surface area contributed by atoms with Crippen LogP contribution in [0.5, 0.6) is 0 Å². The number of thiophene rings is 1. The number of rotatable bonds is 9. The summed E-state index contributed by atoms with van der Waals surface area (Å²) >= 11 is 1.91. The molecule has 498 valence electrons. The number of anilines is 6. The van der Waals surface area contributed by atoms with Gasteiger partial charge in [0.15, 0.2) is 5.58 Å². The van der Waals surface area contributed by atoms with Crippen molar-refractivity contribution >= 4 is 109 Å². The number of furan rings is 1. The molecule has 0 bridgehead atoms. The SMILES string of the molecule is Cc1cccc(N(c2ccc(C(C)(C)C)cc2)c2cc3c(c4c2oc2ccccc24)-c2c(cc(N(c4ccc(C(C)(C)C)cc4)c4cccc(C)c4)c4sc5ccccc5c24)C3(c2ccc(C(C)(C)C)cc2)c2ccc3c(c2)c2cc(C(C)(C)C)ccc2n3-c2ccc(C(C)(C)C)cc2)c1. The molecule has 0 aliphatic heterocycles. The maximum Gasteiger partial charge on any atom is 0.160 e. The van der Waals surface area contributed by atoms with Crippen LogP contribution in [0.2, 0.25) is 0 Å². The van der Waals surface area contributed by atoms with Crippen LogP contribution in [0, 0.1) is 13.8 Å². The molecular formula is C95H91N3OS. The van der Waals surface area contributed by atoms with Crippen LogP contribution in [0.3, 0.4) is 0 Å². The minimum Gasteiger partial charge on any atom is -0.454 e. The molecule has 0 fully saturated rings. The number of fused-ring (bicyclic) bond motifs is 14. The van der Waals surface area contributed by atoms with E-state index >= 15 is 0 Å². The Bertz CT molecular complexity index is 5510. The van der Waals surface area contributed by atoms with Gasteiger partial charge in [0.05, 0.1) is 32.5 Å². The van der Waals surface area contributed by atoms with Gasteiger partial charge in [-0.15, -0.1) is 11.3 Å². The molecule has 1 atom stereocenters. The Morgan fingerprint density at radius 3 is 1.33 bits per heavy atom. The minimum atomic E-state index is -1.00. The Balaban J connectivity index is 1.14. The van der Waals surface area contributed by atoms with E-state index in [1.54, 1.807) is 0 Å². The van der Waals surface area contributed by atoms with E-state index in [-0.39, 0.29) is 27.1 Å². The summed E-state index contributed by atoms with van der Waals surface area (Å²) in [6, 6.07) is 94.0. The van der Waals surface area contributed by atoms with Crippen LogP contribution < -0.4 is 9.80 Å². The molecule has 0 radical (unpaired) electrons. The van der Waals surface area contributed by atoms with Crippen molar-refractivity contribution in [1.82, 2.24) is 4.57 Å².